The first-order valence-electron chi connectivity index (χ1n) is 6.94. The Labute approximate surface area is 142 Å². The van der Waals surface area contributed by atoms with Crippen molar-refractivity contribution in [3.05, 3.63) is 89.7 Å². The second-order valence-electron chi connectivity index (χ2n) is 4.93. The molecule has 3 aromatic carbocycles. The van der Waals surface area contributed by atoms with E-state index >= 15 is 0 Å². The van der Waals surface area contributed by atoms with Gasteiger partial charge in [-0.1, -0.05) is 0 Å². The van der Waals surface area contributed by atoms with Crippen LogP contribution < -0.4 is 10.5 Å². The first kappa shape index (κ1) is 17.0. The third-order valence-electron chi connectivity index (χ3n) is 3.44. The van der Waals surface area contributed by atoms with Gasteiger partial charge in [-0.15, -0.1) is 0 Å². The van der Waals surface area contributed by atoms with Gasteiger partial charge in [-0.3, -0.25) is 0 Å². The van der Waals surface area contributed by atoms with Gasteiger partial charge in [-0.05, 0) is 0 Å². The topological polar surface area (TPSA) is 0 Å². The molecule has 0 saturated heterocycles. The van der Waals surface area contributed by atoms with E-state index in [1.54, 1.807) is 60.7 Å². The van der Waals surface area contributed by atoms with Gasteiger partial charge in [0.25, 0.3) is 0 Å². The third kappa shape index (κ3) is 2.93. The van der Waals surface area contributed by atoms with Crippen molar-refractivity contribution in [2.24, 2.45) is 0 Å². The van der Waals surface area contributed by atoms with Crippen molar-refractivity contribution in [3.63, 3.8) is 0 Å². The number of benzene rings is 3. The van der Waals surface area contributed by atoms with Crippen LogP contribution in [-0.4, -0.2) is 20.2 Å². The van der Waals surface area contributed by atoms with Crippen LogP contribution in [0, 0.1) is 29.1 Å². The van der Waals surface area contributed by atoms with E-state index < -0.39 is 52.8 Å². The van der Waals surface area contributed by atoms with Gasteiger partial charge in [0, 0.05) is 0 Å². The minimum atomic E-state index is -3.42. The third-order valence-corrected chi connectivity index (χ3v) is 10.5. The normalized spacial score (nSPS) is 11.1. The fourth-order valence-electron chi connectivity index (χ4n) is 2.35. The van der Waals surface area contributed by atoms with E-state index in [9.17, 15) is 22.0 Å². The standard InChI is InChI=1S/C6F5.2C6H5.Sb/c7-2-1-3(8)5(10)6(11)4(2)9;2*1-2-4-6-5-3-1;/h;2*1-5H;. The zero-order valence-electron chi connectivity index (χ0n) is 12.1. The van der Waals surface area contributed by atoms with Crippen LogP contribution in [0.25, 0.3) is 0 Å². The van der Waals surface area contributed by atoms with E-state index in [0.717, 1.165) is 0 Å². The zero-order chi connectivity index (χ0) is 17.3. The number of rotatable bonds is 3. The summed E-state index contributed by atoms with van der Waals surface area (Å²) in [5.74, 6) is -9.39. The number of hydrogen-bond donors (Lipinski definition) is 0. The second kappa shape index (κ2) is 6.94. The van der Waals surface area contributed by atoms with E-state index in [-0.39, 0.29) is 0 Å². The minimum absolute atomic E-state index is 0.606. The molecule has 0 saturated carbocycles. The van der Waals surface area contributed by atoms with Gasteiger partial charge in [0.15, 0.2) is 0 Å². The Balaban J connectivity index is 2.33. The predicted molar refractivity (Wildman–Crippen MR) is 83.8 cm³/mol. The summed E-state index contributed by atoms with van der Waals surface area (Å²) in [6, 6.07) is 16.8. The van der Waals surface area contributed by atoms with Crippen molar-refractivity contribution in [2.75, 3.05) is 0 Å². The van der Waals surface area contributed by atoms with Gasteiger partial charge in [-0.25, -0.2) is 0 Å². The summed E-state index contributed by atoms with van der Waals surface area (Å²) >= 11 is -3.42. The maximum atomic E-state index is 14.3. The Morgan fingerprint density at radius 3 is 1.17 bits per heavy atom. The molecular weight excluding hydrogens is 433 g/mol. The molecule has 6 heteroatoms. The van der Waals surface area contributed by atoms with Gasteiger partial charge < -0.3 is 0 Å². The molecule has 0 spiro atoms. The average molecular weight is 443 g/mol. The molecule has 0 unspecified atom stereocenters. The summed E-state index contributed by atoms with van der Waals surface area (Å²) in [5.41, 5.74) is 0. The van der Waals surface area contributed by atoms with Gasteiger partial charge in [0.05, 0.1) is 0 Å². The van der Waals surface area contributed by atoms with Crippen molar-refractivity contribution in [1.82, 2.24) is 0 Å². The molecule has 3 rings (SSSR count). The first-order valence-corrected chi connectivity index (χ1v) is 10.8. The van der Waals surface area contributed by atoms with Crippen molar-refractivity contribution in [2.45, 2.75) is 0 Å². The summed E-state index contributed by atoms with van der Waals surface area (Å²) in [6.45, 7) is 0. The Hall–Kier alpha value is -1.87. The molecule has 0 amide bonds. The number of hydrogen-bond acceptors (Lipinski definition) is 0. The molecule has 0 fully saturated rings. The molecule has 0 radical (unpaired) electrons. The Bertz CT molecular complexity index is 797. The summed E-state index contributed by atoms with van der Waals surface area (Å²) in [7, 11) is 0. The van der Waals surface area contributed by atoms with Crippen LogP contribution in [0.2, 0.25) is 0 Å². The van der Waals surface area contributed by atoms with E-state index in [0.29, 0.717) is 7.02 Å². The molecule has 0 aliphatic heterocycles. The summed E-state index contributed by atoms with van der Waals surface area (Å²) < 4.78 is 69.9. The molecule has 0 aliphatic carbocycles. The molecule has 0 bridgehead atoms. The quantitative estimate of drug-likeness (QED) is 0.253. The van der Waals surface area contributed by atoms with Gasteiger partial charge in [0.1, 0.15) is 0 Å². The van der Waals surface area contributed by atoms with Crippen molar-refractivity contribution >= 4 is 30.7 Å². The second-order valence-corrected chi connectivity index (χ2v) is 11.1. The van der Waals surface area contributed by atoms with Crippen molar-refractivity contribution in [3.8, 4) is 0 Å². The van der Waals surface area contributed by atoms with E-state index in [2.05, 4.69) is 0 Å². The van der Waals surface area contributed by atoms with Crippen LogP contribution in [0.4, 0.5) is 22.0 Å². The van der Waals surface area contributed by atoms with Crippen LogP contribution >= 0.6 is 0 Å². The molecular formula is C18H10F5Sb. The van der Waals surface area contributed by atoms with Gasteiger partial charge in [-0.2, -0.15) is 0 Å². The van der Waals surface area contributed by atoms with Gasteiger partial charge >= 0.3 is 142 Å². The molecule has 0 N–H and O–H groups in total. The molecule has 0 aliphatic rings. The molecule has 24 heavy (non-hydrogen) atoms. The summed E-state index contributed by atoms with van der Waals surface area (Å²) in [5, 5.41) is 0. The summed E-state index contributed by atoms with van der Waals surface area (Å²) in [4.78, 5) is 0. The zero-order valence-corrected chi connectivity index (χ0v) is 14.7. The van der Waals surface area contributed by atoms with E-state index in [1.165, 1.54) is 0 Å². The Kier molecular flexibility index (Phi) is 4.90. The molecule has 0 atom stereocenters. The van der Waals surface area contributed by atoms with Crippen LogP contribution in [-0.2, 0) is 0 Å². The van der Waals surface area contributed by atoms with Crippen molar-refractivity contribution < 1.29 is 22.0 Å². The van der Waals surface area contributed by atoms with Crippen LogP contribution in [0.3, 0.4) is 0 Å². The fraction of sp³-hybridized carbons (Fsp3) is 0. The monoisotopic (exact) mass is 442 g/mol. The van der Waals surface area contributed by atoms with Crippen LogP contribution in [0.15, 0.2) is 60.7 Å². The fourth-order valence-corrected chi connectivity index (χ4v) is 9.04. The Morgan fingerprint density at radius 2 is 0.792 bits per heavy atom. The SMILES string of the molecule is Fc1c(F)c(F)[c]([Sb]([c]2ccccc2)[c]2ccccc2)c(F)c1F. The number of halogens is 5. The predicted octanol–water partition coefficient (Wildman–Crippen LogP) is 2.90. The molecule has 122 valence electrons. The molecule has 0 heterocycles. The first-order chi connectivity index (χ1) is 11.5. The Morgan fingerprint density at radius 1 is 0.458 bits per heavy atom. The van der Waals surface area contributed by atoms with E-state index in [4.69, 9.17) is 0 Å². The van der Waals surface area contributed by atoms with Crippen LogP contribution in [0.5, 0.6) is 0 Å². The van der Waals surface area contributed by atoms with Crippen molar-refractivity contribution in [1.29, 1.82) is 0 Å². The van der Waals surface area contributed by atoms with Crippen LogP contribution in [0.1, 0.15) is 0 Å². The molecule has 3 aromatic rings. The molecule has 0 nitrogen and oxygen atoms in total. The van der Waals surface area contributed by atoms with Gasteiger partial charge in [0.2, 0.25) is 0 Å². The van der Waals surface area contributed by atoms with E-state index in [1.807, 2.05) is 0 Å². The molecule has 0 aromatic heterocycles. The maximum absolute atomic E-state index is 14.3. The average Bonchev–Trinajstić information content (AvgIpc) is 2.63. The summed E-state index contributed by atoms with van der Waals surface area (Å²) in [6.07, 6.45) is 0.